The third-order valence-electron chi connectivity index (χ3n) is 6.01. The molecule has 0 saturated carbocycles. The first-order valence-electron chi connectivity index (χ1n) is 12.1. The number of thiol groups is 1. The van der Waals surface area contributed by atoms with E-state index < -0.39 is 24.3 Å². The quantitative estimate of drug-likeness (QED) is 0.169. The molecule has 4 aromatic carbocycles. The number of anilines is 1. The first kappa shape index (κ1) is 26.3. The minimum Gasteiger partial charge on any atom is -0.507 e. The maximum atomic E-state index is 13.2. The summed E-state index contributed by atoms with van der Waals surface area (Å²) in [7, 11) is 0. The van der Waals surface area contributed by atoms with Gasteiger partial charge < -0.3 is 19.3 Å². The van der Waals surface area contributed by atoms with Crippen LogP contribution in [-0.4, -0.2) is 42.2 Å². The Kier molecular flexibility index (Phi) is 8.87. The van der Waals surface area contributed by atoms with Gasteiger partial charge in [0.05, 0.1) is 18.0 Å². The van der Waals surface area contributed by atoms with E-state index in [9.17, 15) is 14.7 Å². The molecule has 2 atom stereocenters. The number of esters is 1. The summed E-state index contributed by atoms with van der Waals surface area (Å²) in [4.78, 5) is 24.9. The van der Waals surface area contributed by atoms with Gasteiger partial charge in [-0.2, -0.15) is 12.6 Å². The van der Waals surface area contributed by atoms with Gasteiger partial charge in [0.2, 0.25) is 0 Å². The molecule has 0 aliphatic rings. The Morgan fingerprint density at radius 1 is 0.919 bits per heavy atom. The molecule has 7 nitrogen and oxygen atoms in total. The number of ether oxygens (including phenoxy) is 3. The van der Waals surface area contributed by atoms with E-state index in [4.69, 9.17) is 14.2 Å². The van der Waals surface area contributed by atoms with Gasteiger partial charge in [-0.15, -0.1) is 0 Å². The third-order valence-corrected chi connectivity index (χ3v) is 6.27. The van der Waals surface area contributed by atoms with Gasteiger partial charge in [0.1, 0.15) is 11.9 Å². The summed E-state index contributed by atoms with van der Waals surface area (Å²) in [5, 5.41) is 16.5. The molecule has 0 saturated heterocycles. The number of carbonyl (C=O) groups excluding carboxylic acids is 2. The lowest BCUT2D eigenvalue weighted by atomic mass is 9.95. The second kappa shape index (κ2) is 12.5. The molecule has 0 spiro atoms. The van der Waals surface area contributed by atoms with Gasteiger partial charge in [-0.25, -0.2) is 4.79 Å². The lowest BCUT2D eigenvalue weighted by Gasteiger charge is -2.28. The number of fused-ring (bicyclic) bond motifs is 2. The molecule has 0 aliphatic heterocycles. The lowest BCUT2D eigenvalue weighted by Crippen LogP contribution is -2.30. The summed E-state index contributed by atoms with van der Waals surface area (Å²) in [6.45, 7) is 2.27. The van der Waals surface area contributed by atoms with Crippen LogP contribution in [0.3, 0.4) is 0 Å². The molecular weight excluding hydrogens is 490 g/mol. The Morgan fingerprint density at radius 3 is 2.38 bits per heavy atom. The average molecular weight is 520 g/mol. The van der Waals surface area contributed by atoms with E-state index in [0.29, 0.717) is 23.2 Å². The fourth-order valence-corrected chi connectivity index (χ4v) is 4.45. The van der Waals surface area contributed by atoms with E-state index in [-0.39, 0.29) is 24.5 Å². The SMILES string of the molecule is CCO[C@H](CCOC(=O)CS)[C@H](OC(=O)Nc1cccc2ccccc12)c1ccc(O)c2ccccc12. The van der Waals surface area contributed by atoms with Crippen molar-refractivity contribution in [3.63, 3.8) is 0 Å². The number of hydrogen-bond donors (Lipinski definition) is 3. The van der Waals surface area contributed by atoms with Gasteiger partial charge in [-0.05, 0) is 29.8 Å². The Morgan fingerprint density at radius 2 is 1.62 bits per heavy atom. The van der Waals surface area contributed by atoms with Gasteiger partial charge in [0, 0.05) is 29.4 Å². The van der Waals surface area contributed by atoms with Crippen molar-refractivity contribution in [2.75, 3.05) is 24.3 Å². The van der Waals surface area contributed by atoms with Crippen LogP contribution < -0.4 is 5.32 Å². The standard InChI is InChI=1S/C29H29NO6S/c1-2-34-26(16-17-35-27(32)18-37)28(23-14-15-25(31)22-12-6-5-11-21(22)23)36-29(33)30-24-13-7-9-19-8-3-4-10-20(19)24/h3-15,26,28,31,37H,2,16-18H2,1H3,(H,30,33)/t26-,28-/m1/s1. The van der Waals surface area contributed by atoms with Crippen molar-refractivity contribution in [3.8, 4) is 5.75 Å². The van der Waals surface area contributed by atoms with Crippen molar-refractivity contribution in [2.45, 2.75) is 25.6 Å². The van der Waals surface area contributed by atoms with E-state index in [1.54, 1.807) is 18.2 Å². The van der Waals surface area contributed by atoms with Crippen molar-refractivity contribution in [2.24, 2.45) is 0 Å². The third kappa shape index (κ3) is 6.34. The number of phenols is 1. The normalized spacial score (nSPS) is 12.7. The van der Waals surface area contributed by atoms with Crippen LogP contribution in [0.1, 0.15) is 25.0 Å². The molecule has 2 N–H and O–H groups in total. The second-order valence-corrected chi connectivity index (χ2v) is 8.67. The first-order valence-corrected chi connectivity index (χ1v) is 12.7. The molecule has 4 aromatic rings. The van der Waals surface area contributed by atoms with Crippen LogP contribution in [0.5, 0.6) is 5.75 Å². The number of aromatic hydroxyl groups is 1. The predicted octanol–water partition coefficient (Wildman–Crippen LogP) is 6.26. The molecular formula is C29H29NO6S. The fraction of sp³-hybridized carbons (Fsp3) is 0.241. The van der Waals surface area contributed by atoms with Crippen molar-refractivity contribution >= 4 is 51.9 Å². The van der Waals surface area contributed by atoms with Gasteiger partial charge in [-0.1, -0.05) is 66.7 Å². The maximum absolute atomic E-state index is 13.2. The zero-order chi connectivity index (χ0) is 26.2. The molecule has 0 radical (unpaired) electrons. The van der Waals surface area contributed by atoms with Crippen LogP contribution in [0.25, 0.3) is 21.5 Å². The molecule has 8 heteroatoms. The highest BCUT2D eigenvalue weighted by Crippen LogP contribution is 2.36. The molecule has 37 heavy (non-hydrogen) atoms. The Balaban J connectivity index is 1.67. The summed E-state index contributed by atoms with van der Waals surface area (Å²) in [6.07, 6.45) is -1.84. The van der Waals surface area contributed by atoms with Gasteiger partial charge in [-0.3, -0.25) is 10.1 Å². The van der Waals surface area contributed by atoms with E-state index in [1.807, 2.05) is 67.6 Å². The zero-order valence-electron chi connectivity index (χ0n) is 20.4. The largest absolute Gasteiger partial charge is 0.507 e. The Labute approximate surface area is 220 Å². The molecule has 192 valence electrons. The predicted molar refractivity (Wildman–Crippen MR) is 147 cm³/mol. The van der Waals surface area contributed by atoms with Crippen LogP contribution in [-0.2, 0) is 19.0 Å². The molecule has 0 aliphatic carbocycles. The summed E-state index contributed by atoms with van der Waals surface area (Å²) in [5.74, 6) is -0.358. The summed E-state index contributed by atoms with van der Waals surface area (Å²) in [5.41, 5.74) is 1.29. The van der Waals surface area contributed by atoms with Gasteiger partial charge in [0.15, 0.2) is 6.10 Å². The van der Waals surface area contributed by atoms with Crippen LogP contribution >= 0.6 is 12.6 Å². The van der Waals surface area contributed by atoms with Crippen molar-refractivity contribution in [1.82, 2.24) is 0 Å². The first-order chi connectivity index (χ1) is 18.0. The minimum absolute atomic E-state index is 0.0325. The summed E-state index contributed by atoms with van der Waals surface area (Å²) < 4.78 is 17.2. The highest BCUT2D eigenvalue weighted by atomic mass is 32.1. The van der Waals surface area contributed by atoms with Crippen LogP contribution in [0, 0.1) is 0 Å². The molecule has 0 heterocycles. The monoisotopic (exact) mass is 519 g/mol. The van der Waals surface area contributed by atoms with Crippen molar-refractivity contribution < 1.29 is 28.9 Å². The molecule has 0 unspecified atom stereocenters. The van der Waals surface area contributed by atoms with Crippen LogP contribution in [0.2, 0.25) is 0 Å². The Bertz CT molecular complexity index is 1390. The summed E-state index contributed by atoms with van der Waals surface area (Å²) >= 11 is 3.94. The number of hydrogen-bond acceptors (Lipinski definition) is 7. The highest BCUT2D eigenvalue weighted by molar-refractivity contribution is 7.81. The molecule has 0 aromatic heterocycles. The number of amides is 1. The van der Waals surface area contributed by atoms with E-state index in [0.717, 1.165) is 16.2 Å². The molecule has 1 amide bonds. The maximum Gasteiger partial charge on any atom is 0.412 e. The lowest BCUT2D eigenvalue weighted by molar-refractivity contribution is -0.142. The molecule has 0 bridgehead atoms. The van der Waals surface area contributed by atoms with Crippen LogP contribution in [0.15, 0.2) is 78.9 Å². The number of benzene rings is 4. The fourth-order valence-electron chi connectivity index (χ4n) is 4.35. The number of carbonyl (C=O) groups is 2. The highest BCUT2D eigenvalue weighted by Gasteiger charge is 2.30. The van der Waals surface area contributed by atoms with Gasteiger partial charge in [0.25, 0.3) is 0 Å². The topological polar surface area (TPSA) is 94.1 Å². The Hall–Kier alpha value is -3.75. The number of rotatable bonds is 10. The number of phenolic OH excluding ortho intramolecular Hbond substituents is 1. The molecule has 4 rings (SSSR count). The van der Waals surface area contributed by atoms with Crippen molar-refractivity contribution in [1.29, 1.82) is 0 Å². The van der Waals surface area contributed by atoms with Gasteiger partial charge >= 0.3 is 12.1 Å². The summed E-state index contributed by atoms with van der Waals surface area (Å²) in [6, 6.07) is 24.0. The average Bonchev–Trinajstić information content (AvgIpc) is 2.92. The van der Waals surface area contributed by atoms with E-state index in [1.165, 1.54) is 0 Å². The molecule has 0 fully saturated rings. The van der Waals surface area contributed by atoms with Crippen molar-refractivity contribution in [3.05, 3.63) is 84.4 Å². The number of nitrogens with one attached hydrogen (secondary N) is 1. The smallest absolute Gasteiger partial charge is 0.412 e. The van der Waals surface area contributed by atoms with E-state index >= 15 is 0 Å². The van der Waals surface area contributed by atoms with E-state index in [2.05, 4.69) is 17.9 Å². The van der Waals surface area contributed by atoms with Crippen LogP contribution in [0.4, 0.5) is 10.5 Å². The zero-order valence-corrected chi connectivity index (χ0v) is 21.3. The minimum atomic E-state index is -0.852. The second-order valence-electron chi connectivity index (χ2n) is 8.36.